The van der Waals surface area contributed by atoms with Crippen molar-refractivity contribution >= 4 is 32.7 Å². The van der Waals surface area contributed by atoms with Gasteiger partial charge in [-0.05, 0) is 44.0 Å². The number of pyridine rings is 1. The van der Waals surface area contributed by atoms with Crippen LogP contribution in [-0.2, 0) is 17.1 Å². The van der Waals surface area contributed by atoms with Gasteiger partial charge in [0.15, 0.2) is 5.65 Å². The number of hydrogen-bond donors (Lipinski definition) is 1. The van der Waals surface area contributed by atoms with Crippen LogP contribution >= 0.6 is 0 Å². The normalized spacial score (nSPS) is 15.4. The number of aromatic nitrogens is 3. The lowest BCUT2D eigenvalue weighted by molar-refractivity contribution is 0.102. The Kier molecular flexibility index (Phi) is 5.29. The van der Waals surface area contributed by atoms with E-state index in [-0.39, 0.29) is 5.56 Å². The standard InChI is InChI=1S/C20H22FN5O3S/c1-13-16-11-15(12-22-19(16)25(2)24-13)23-20(27)14-6-7-17(21)18(10-14)30(28,29)26-8-4-3-5-9-26/h6-7,10-12H,3-5,8-9H2,1-2H3,(H,23,27). The lowest BCUT2D eigenvalue weighted by atomic mass is 10.2. The highest BCUT2D eigenvalue weighted by Gasteiger charge is 2.29. The Balaban J connectivity index is 1.62. The molecule has 158 valence electrons. The molecule has 1 fully saturated rings. The maximum absolute atomic E-state index is 14.4. The first-order valence-corrected chi connectivity index (χ1v) is 11.1. The molecule has 0 spiro atoms. The third-order valence-electron chi connectivity index (χ3n) is 5.25. The largest absolute Gasteiger partial charge is 0.321 e. The Bertz CT molecular complexity index is 1230. The molecule has 10 heteroatoms. The SMILES string of the molecule is Cc1nn(C)c2ncc(NC(=O)c3ccc(F)c(S(=O)(=O)N4CCCCC4)c3)cc12. The summed E-state index contributed by atoms with van der Waals surface area (Å²) in [6.45, 7) is 2.55. The lowest BCUT2D eigenvalue weighted by Gasteiger charge is -2.26. The number of fused-ring (bicyclic) bond motifs is 1. The highest BCUT2D eigenvalue weighted by atomic mass is 32.2. The zero-order chi connectivity index (χ0) is 21.5. The summed E-state index contributed by atoms with van der Waals surface area (Å²) in [6.07, 6.45) is 3.93. The van der Waals surface area contributed by atoms with E-state index in [9.17, 15) is 17.6 Å². The monoisotopic (exact) mass is 431 g/mol. The number of nitrogens with one attached hydrogen (secondary N) is 1. The summed E-state index contributed by atoms with van der Waals surface area (Å²) in [5.74, 6) is -1.42. The van der Waals surface area contributed by atoms with Gasteiger partial charge in [0.05, 0.1) is 17.6 Å². The van der Waals surface area contributed by atoms with Crippen LogP contribution in [0.25, 0.3) is 11.0 Å². The van der Waals surface area contributed by atoms with Gasteiger partial charge in [-0.1, -0.05) is 6.42 Å². The second-order valence-electron chi connectivity index (χ2n) is 7.37. The Morgan fingerprint density at radius 1 is 1.17 bits per heavy atom. The Morgan fingerprint density at radius 3 is 2.63 bits per heavy atom. The maximum Gasteiger partial charge on any atom is 0.255 e. The van der Waals surface area contributed by atoms with Crippen LogP contribution in [0.2, 0.25) is 0 Å². The molecule has 1 saturated heterocycles. The van der Waals surface area contributed by atoms with Gasteiger partial charge in [0.1, 0.15) is 10.7 Å². The van der Waals surface area contributed by atoms with Crippen molar-refractivity contribution < 1.29 is 17.6 Å². The van der Waals surface area contributed by atoms with Crippen molar-refractivity contribution in [1.82, 2.24) is 19.1 Å². The van der Waals surface area contributed by atoms with Gasteiger partial charge in [0, 0.05) is 31.1 Å². The summed E-state index contributed by atoms with van der Waals surface area (Å²) < 4.78 is 43.0. The summed E-state index contributed by atoms with van der Waals surface area (Å²) in [6, 6.07) is 5.12. The van der Waals surface area contributed by atoms with Crippen LogP contribution in [0.3, 0.4) is 0 Å². The third-order valence-corrected chi connectivity index (χ3v) is 7.16. The number of sulfonamides is 1. The molecule has 4 rings (SSSR count). The molecule has 1 aliphatic rings. The molecule has 0 bridgehead atoms. The smallest absolute Gasteiger partial charge is 0.255 e. The summed E-state index contributed by atoms with van der Waals surface area (Å²) in [5, 5.41) is 7.78. The van der Waals surface area contributed by atoms with Crippen molar-refractivity contribution in [3.05, 3.63) is 47.5 Å². The van der Waals surface area contributed by atoms with E-state index in [4.69, 9.17) is 0 Å². The van der Waals surface area contributed by atoms with E-state index < -0.39 is 26.6 Å². The number of amides is 1. The van der Waals surface area contributed by atoms with Crippen LogP contribution in [0.15, 0.2) is 35.4 Å². The Labute approximate surface area is 173 Å². The summed E-state index contributed by atoms with van der Waals surface area (Å²) in [5.41, 5.74) is 1.94. The van der Waals surface area contributed by atoms with Crippen LogP contribution in [0.5, 0.6) is 0 Å². The fourth-order valence-electron chi connectivity index (χ4n) is 3.67. The number of benzene rings is 1. The van der Waals surface area contributed by atoms with Crippen molar-refractivity contribution in [3.63, 3.8) is 0 Å². The number of carbonyl (C=O) groups excluding carboxylic acids is 1. The van der Waals surface area contributed by atoms with Crippen LogP contribution in [-0.4, -0.2) is 46.5 Å². The number of rotatable bonds is 4. The molecule has 0 saturated carbocycles. The molecule has 0 unspecified atom stereocenters. The number of aryl methyl sites for hydroxylation is 2. The van der Waals surface area contributed by atoms with Gasteiger partial charge in [-0.3, -0.25) is 9.48 Å². The Hall–Kier alpha value is -2.85. The van der Waals surface area contributed by atoms with Crippen LogP contribution in [0.1, 0.15) is 35.3 Å². The van der Waals surface area contributed by atoms with Gasteiger partial charge in [-0.25, -0.2) is 17.8 Å². The van der Waals surface area contributed by atoms with E-state index in [1.165, 1.54) is 16.6 Å². The molecule has 3 aromatic rings. The minimum atomic E-state index is -4.00. The van der Waals surface area contributed by atoms with E-state index in [0.717, 1.165) is 42.5 Å². The van der Waals surface area contributed by atoms with E-state index in [0.29, 0.717) is 24.4 Å². The van der Waals surface area contributed by atoms with E-state index in [1.54, 1.807) is 17.8 Å². The first-order chi connectivity index (χ1) is 14.3. The van der Waals surface area contributed by atoms with Crippen molar-refractivity contribution in [2.45, 2.75) is 31.1 Å². The number of hydrogen-bond acceptors (Lipinski definition) is 5. The number of carbonyl (C=O) groups is 1. The predicted molar refractivity (Wildman–Crippen MR) is 110 cm³/mol. The van der Waals surface area contributed by atoms with E-state index in [2.05, 4.69) is 15.4 Å². The zero-order valence-corrected chi connectivity index (χ0v) is 17.5. The molecule has 3 heterocycles. The summed E-state index contributed by atoms with van der Waals surface area (Å²) >= 11 is 0. The molecule has 0 atom stereocenters. The second kappa shape index (κ2) is 7.77. The minimum absolute atomic E-state index is 0.0509. The van der Waals surface area contributed by atoms with Crippen molar-refractivity contribution in [2.75, 3.05) is 18.4 Å². The van der Waals surface area contributed by atoms with Gasteiger partial charge < -0.3 is 5.32 Å². The van der Waals surface area contributed by atoms with Crippen LogP contribution in [0.4, 0.5) is 10.1 Å². The summed E-state index contributed by atoms with van der Waals surface area (Å²) in [4.78, 5) is 16.5. The molecular formula is C20H22FN5O3S. The molecule has 1 aliphatic heterocycles. The molecule has 1 aromatic carbocycles. The Morgan fingerprint density at radius 2 is 1.90 bits per heavy atom. The van der Waals surface area contributed by atoms with Gasteiger partial charge >= 0.3 is 0 Å². The average molecular weight is 431 g/mol. The van der Waals surface area contributed by atoms with E-state index >= 15 is 0 Å². The van der Waals surface area contributed by atoms with Crippen molar-refractivity contribution in [1.29, 1.82) is 0 Å². The third kappa shape index (κ3) is 3.68. The second-order valence-corrected chi connectivity index (χ2v) is 9.27. The molecule has 8 nitrogen and oxygen atoms in total. The van der Waals surface area contributed by atoms with Gasteiger partial charge in [0.25, 0.3) is 5.91 Å². The first-order valence-electron chi connectivity index (χ1n) is 9.68. The fraction of sp³-hybridized carbons (Fsp3) is 0.350. The summed E-state index contributed by atoms with van der Waals surface area (Å²) in [7, 11) is -2.22. The number of halogens is 1. The topological polar surface area (TPSA) is 97.2 Å². The molecule has 1 N–H and O–H groups in total. The molecule has 1 amide bonds. The molecule has 0 radical (unpaired) electrons. The molecule has 0 aliphatic carbocycles. The number of piperidine rings is 1. The highest BCUT2D eigenvalue weighted by Crippen LogP contribution is 2.25. The van der Waals surface area contributed by atoms with Gasteiger partial charge in [-0.15, -0.1) is 0 Å². The van der Waals surface area contributed by atoms with E-state index in [1.807, 2.05) is 6.92 Å². The van der Waals surface area contributed by atoms with Gasteiger partial charge in [0.2, 0.25) is 10.0 Å². The molecular weight excluding hydrogens is 409 g/mol. The number of nitrogens with zero attached hydrogens (tertiary/aromatic N) is 4. The lowest BCUT2D eigenvalue weighted by Crippen LogP contribution is -2.36. The maximum atomic E-state index is 14.4. The highest BCUT2D eigenvalue weighted by molar-refractivity contribution is 7.89. The zero-order valence-electron chi connectivity index (χ0n) is 16.7. The molecule has 30 heavy (non-hydrogen) atoms. The molecule has 2 aromatic heterocycles. The van der Waals surface area contributed by atoms with Crippen molar-refractivity contribution in [2.24, 2.45) is 7.05 Å². The van der Waals surface area contributed by atoms with Gasteiger partial charge in [-0.2, -0.15) is 9.40 Å². The van der Waals surface area contributed by atoms with Crippen LogP contribution < -0.4 is 5.32 Å². The predicted octanol–water partition coefficient (Wildman–Crippen LogP) is 2.84. The average Bonchev–Trinajstić information content (AvgIpc) is 3.02. The quantitative estimate of drug-likeness (QED) is 0.685. The minimum Gasteiger partial charge on any atom is -0.321 e. The first kappa shape index (κ1) is 20.4. The van der Waals surface area contributed by atoms with Crippen LogP contribution in [0, 0.1) is 12.7 Å². The fourth-order valence-corrected chi connectivity index (χ4v) is 5.27. The van der Waals surface area contributed by atoms with Crippen molar-refractivity contribution in [3.8, 4) is 0 Å². The number of anilines is 1.